The molecular weight excluding hydrogens is 148 g/mol. The number of fused-ring (bicyclic) bond motifs is 4. The van der Waals surface area contributed by atoms with Crippen molar-refractivity contribution in [2.45, 2.75) is 38.2 Å². The number of ether oxygens (including phenoxy) is 1. The van der Waals surface area contributed by atoms with Gasteiger partial charge in [0.25, 0.3) is 0 Å². The molecule has 3 rings (SSSR count). The maximum atomic E-state index is 5.58. The number of allylic oxidation sites excluding steroid dienone is 1. The molecule has 2 bridgehead atoms. The Morgan fingerprint density at radius 3 is 2.83 bits per heavy atom. The van der Waals surface area contributed by atoms with E-state index in [-0.39, 0.29) is 0 Å². The molecule has 3 unspecified atom stereocenters. The topological polar surface area (TPSA) is 9.23 Å². The van der Waals surface area contributed by atoms with E-state index in [2.05, 4.69) is 0 Å². The van der Waals surface area contributed by atoms with Gasteiger partial charge in [0.1, 0.15) is 0 Å². The van der Waals surface area contributed by atoms with Gasteiger partial charge in [-0.2, -0.15) is 0 Å². The fraction of sp³-hybridized carbons (Fsp3) is 0.818. The summed E-state index contributed by atoms with van der Waals surface area (Å²) in [5.41, 5.74) is 3.50. The number of hydrogen-bond acceptors (Lipinski definition) is 1. The Balaban J connectivity index is 2.02. The lowest BCUT2D eigenvalue weighted by Crippen LogP contribution is -2.18. The van der Waals surface area contributed by atoms with Gasteiger partial charge in [0.15, 0.2) is 0 Å². The largest absolute Gasteiger partial charge is 0.377 e. The fourth-order valence-corrected chi connectivity index (χ4v) is 3.69. The maximum Gasteiger partial charge on any atom is 0.0817 e. The van der Waals surface area contributed by atoms with Crippen molar-refractivity contribution in [3.63, 3.8) is 0 Å². The van der Waals surface area contributed by atoms with Crippen LogP contribution in [0.1, 0.15) is 32.1 Å². The van der Waals surface area contributed by atoms with E-state index in [1.54, 1.807) is 11.1 Å². The number of hydrogen-bond donors (Lipinski definition) is 0. The molecule has 3 aliphatic carbocycles. The zero-order chi connectivity index (χ0) is 8.13. The molecule has 0 aromatic heterocycles. The van der Waals surface area contributed by atoms with Crippen molar-refractivity contribution < 1.29 is 4.74 Å². The molecule has 0 aliphatic heterocycles. The first kappa shape index (κ1) is 7.14. The second-order valence-electron chi connectivity index (χ2n) is 4.41. The minimum Gasteiger partial charge on any atom is -0.377 e. The number of methoxy groups -OCH3 is 1. The SMILES string of the molecule is COC1C2=C3CCCC3C1CC2. The third-order valence-electron chi connectivity index (χ3n) is 4.07. The van der Waals surface area contributed by atoms with E-state index >= 15 is 0 Å². The smallest absolute Gasteiger partial charge is 0.0817 e. The average molecular weight is 164 g/mol. The van der Waals surface area contributed by atoms with Crippen LogP contribution in [0.15, 0.2) is 11.1 Å². The zero-order valence-electron chi connectivity index (χ0n) is 7.68. The van der Waals surface area contributed by atoms with Gasteiger partial charge in [-0.3, -0.25) is 0 Å². The van der Waals surface area contributed by atoms with Gasteiger partial charge in [-0.15, -0.1) is 0 Å². The highest BCUT2D eigenvalue weighted by molar-refractivity contribution is 5.35. The van der Waals surface area contributed by atoms with Gasteiger partial charge in [-0.1, -0.05) is 5.57 Å². The summed E-state index contributed by atoms with van der Waals surface area (Å²) in [6.07, 6.45) is 7.55. The molecule has 0 spiro atoms. The molecule has 0 heterocycles. The van der Waals surface area contributed by atoms with E-state index in [9.17, 15) is 0 Å². The van der Waals surface area contributed by atoms with Crippen molar-refractivity contribution in [3.8, 4) is 0 Å². The highest BCUT2D eigenvalue weighted by Gasteiger charge is 2.48. The predicted octanol–water partition coefficient (Wildman–Crippen LogP) is 2.52. The van der Waals surface area contributed by atoms with E-state index in [4.69, 9.17) is 4.74 Å². The Hall–Kier alpha value is -0.300. The molecule has 2 fully saturated rings. The summed E-state index contributed by atoms with van der Waals surface area (Å²) in [6, 6.07) is 0. The van der Waals surface area contributed by atoms with Crippen LogP contribution >= 0.6 is 0 Å². The quantitative estimate of drug-likeness (QED) is 0.541. The van der Waals surface area contributed by atoms with Crippen LogP contribution in [-0.2, 0) is 4.74 Å². The Morgan fingerprint density at radius 2 is 2.08 bits per heavy atom. The van der Waals surface area contributed by atoms with Crippen molar-refractivity contribution in [2.75, 3.05) is 7.11 Å². The van der Waals surface area contributed by atoms with Crippen LogP contribution in [0, 0.1) is 11.8 Å². The van der Waals surface area contributed by atoms with Gasteiger partial charge in [0.05, 0.1) is 6.10 Å². The second-order valence-corrected chi connectivity index (χ2v) is 4.41. The van der Waals surface area contributed by atoms with Crippen LogP contribution in [0.2, 0.25) is 0 Å². The molecule has 0 N–H and O–H groups in total. The van der Waals surface area contributed by atoms with E-state index in [1.165, 1.54) is 32.1 Å². The molecule has 2 saturated carbocycles. The van der Waals surface area contributed by atoms with Gasteiger partial charge < -0.3 is 4.74 Å². The van der Waals surface area contributed by atoms with Crippen molar-refractivity contribution in [3.05, 3.63) is 11.1 Å². The molecule has 0 aromatic rings. The summed E-state index contributed by atoms with van der Waals surface area (Å²) in [5.74, 6) is 1.82. The van der Waals surface area contributed by atoms with Gasteiger partial charge in [-0.25, -0.2) is 0 Å². The molecule has 12 heavy (non-hydrogen) atoms. The van der Waals surface area contributed by atoms with Gasteiger partial charge in [-0.05, 0) is 49.5 Å². The fourth-order valence-electron chi connectivity index (χ4n) is 3.69. The third kappa shape index (κ3) is 0.687. The molecule has 0 aromatic carbocycles. The van der Waals surface area contributed by atoms with Crippen LogP contribution in [0.5, 0.6) is 0 Å². The van der Waals surface area contributed by atoms with Crippen LogP contribution in [-0.4, -0.2) is 13.2 Å². The summed E-state index contributed by atoms with van der Waals surface area (Å²) in [4.78, 5) is 0. The van der Waals surface area contributed by atoms with Crippen molar-refractivity contribution in [2.24, 2.45) is 11.8 Å². The summed E-state index contributed by atoms with van der Waals surface area (Å²) in [7, 11) is 1.88. The van der Waals surface area contributed by atoms with E-state index < -0.39 is 0 Å². The predicted molar refractivity (Wildman–Crippen MR) is 47.9 cm³/mol. The molecule has 0 amide bonds. The monoisotopic (exact) mass is 164 g/mol. The van der Waals surface area contributed by atoms with Crippen LogP contribution in [0.3, 0.4) is 0 Å². The van der Waals surface area contributed by atoms with Crippen LogP contribution in [0.4, 0.5) is 0 Å². The summed E-state index contributed by atoms with van der Waals surface area (Å²) >= 11 is 0. The standard InChI is InChI=1S/C11H16O/c1-12-11-9-5-6-10(11)8-4-2-3-7(8)9/h7,9,11H,2-6H2,1H3. The molecule has 1 nitrogen and oxygen atoms in total. The van der Waals surface area contributed by atoms with E-state index in [1.807, 2.05) is 7.11 Å². The van der Waals surface area contributed by atoms with Gasteiger partial charge in [0, 0.05) is 7.11 Å². The molecule has 3 atom stereocenters. The summed E-state index contributed by atoms with van der Waals surface area (Å²) in [6.45, 7) is 0. The van der Waals surface area contributed by atoms with Crippen molar-refractivity contribution in [1.29, 1.82) is 0 Å². The highest BCUT2D eigenvalue weighted by atomic mass is 16.5. The van der Waals surface area contributed by atoms with Crippen molar-refractivity contribution in [1.82, 2.24) is 0 Å². The lowest BCUT2D eigenvalue weighted by Gasteiger charge is -2.19. The van der Waals surface area contributed by atoms with Gasteiger partial charge in [0.2, 0.25) is 0 Å². The van der Waals surface area contributed by atoms with Crippen LogP contribution < -0.4 is 0 Å². The first-order valence-corrected chi connectivity index (χ1v) is 5.16. The van der Waals surface area contributed by atoms with Crippen molar-refractivity contribution >= 4 is 0 Å². The summed E-state index contributed by atoms with van der Waals surface area (Å²) < 4.78 is 5.58. The van der Waals surface area contributed by atoms with E-state index in [0.717, 1.165) is 11.8 Å². The highest BCUT2D eigenvalue weighted by Crippen LogP contribution is 2.55. The van der Waals surface area contributed by atoms with Gasteiger partial charge >= 0.3 is 0 Å². The molecular formula is C11H16O. The van der Waals surface area contributed by atoms with E-state index in [0.29, 0.717) is 6.10 Å². The lowest BCUT2D eigenvalue weighted by molar-refractivity contribution is 0.0905. The lowest BCUT2D eigenvalue weighted by atomic mass is 9.88. The average Bonchev–Trinajstić information content (AvgIpc) is 2.75. The third-order valence-corrected chi connectivity index (χ3v) is 4.07. The normalized spacial score (nSPS) is 44.2. The Bertz CT molecular complexity index is 241. The molecule has 0 saturated heterocycles. The minimum absolute atomic E-state index is 0.533. The Morgan fingerprint density at radius 1 is 1.17 bits per heavy atom. The minimum atomic E-state index is 0.533. The second kappa shape index (κ2) is 2.35. The maximum absolute atomic E-state index is 5.58. The number of rotatable bonds is 1. The molecule has 66 valence electrons. The first-order chi connectivity index (χ1) is 5.92. The summed E-state index contributed by atoms with van der Waals surface area (Å²) in [5, 5.41) is 0. The zero-order valence-corrected chi connectivity index (χ0v) is 7.68. The molecule has 1 heteroatoms. The first-order valence-electron chi connectivity index (χ1n) is 5.16. The molecule has 3 aliphatic rings. The molecule has 0 radical (unpaired) electrons. The van der Waals surface area contributed by atoms with Crippen LogP contribution in [0.25, 0.3) is 0 Å². The Kier molecular flexibility index (Phi) is 1.40. The Labute approximate surface area is 73.8 Å².